The number of aryl methyl sites for hydroxylation is 2. The van der Waals surface area contributed by atoms with Crippen LogP contribution in [0.15, 0.2) is 48.8 Å². The number of benzene rings is 1. The Kier molecular flexibility index (Phi) is 5.03. The molecule has 0 amide bonds. The van der Waals surface area contributed by atoms with Gasteiger partial charge in [-0.1, -0.05) is 12.1 Å². The van der Waals surface area contributed by atoms with Gasteiger partial charge in [0.1, 0.15) is 11.3 Å². The predicted octanol–water partition coefficient (Wildman–Crippen LogP) is 3.26. The van der Waals surface area contributed by atoms with Crippen molar-refractivity contribution in [3.05, 3.63) is 76.9 Å². The van der Waals surface area contributed by atoms with Crippen molar-refractivity contribution in [3.8, 4) is 0 Å². The molecule has 0 saturated carbocycles. The van der Waals surface area contributed by atoms with Gasteiger partial charge in [-0.05, 0) is 48.7 Å². The first kappa shape index (κ1) is 19.5. The molecule has 7 heteroatoms. The highest BCUT2D eigenvalue weighted by Gasteiger charge is 2.19. The molecule has 31 heavy (non-hydrogen) atoms. The average molecular weight is 415 g/mol. The minimum absolute atomic E-state index is 0.0526. The van der Waals surface area contributed by atoms with Crippen LogP contribution in [-0.2, 0) is 18.2 Å². The average Bonchev–Trinajstić information content (AvgIpc) is 3.36. The topological polar surface area (TPSA) is 76.0 Å². The molecule has 0 aliphatic carbocycles. The first-order valence-corrected chi connectivity index (χ1v) is 10.5. The first-order chi connectivity index (χ1) is 15.1. The van der Waals surface area contributed by atoms with Gasteiger partial charge < -0.3 is 14.6 Å². The molecule has 1 fully saturated rings. The number of aromatic nitrogens is 4. The smallest absolute Gasteiger partial charge is 0.213 e. The number of carbonyl (C=O) groups is 1. The van der Waals surface area contributed by atoms with Crippen molar-refractivity contribution in [1.82, 2.24) is 19.7 Å². The molecule has 158 valence electrons. The number of nitrogens with one attached hydrogen (secondary N) is 1. The third-order valence-electron chi connectivity index (χ3n) is 5.79. The number of hydrogen-bond donors (Lipinski definition) is 1. The Morgan fingerprint density at radius 2 is 1.90 bits per heavy atom. The zero-order valence-corrected chi connectivity index (χ0v) is 17.8. The number of fused-ring (bicyclic) bond motifs is 1. The summed E-state index contributed by atoms with van der Waals surface area (Å²) in [6.45, 7) is 5.31. The summed E-state index contributed by atoms with van der Waals surface area (Å²) < 4.78 is 7.06. The van der Waals surface area contributed by atoms with E-state index in [-0.39, 0.29) is 5.78 Å². The maximum absolute atomic E-state index is 13.1. The van der Waals surface area contributed by atoms with Gasteiger partial charge in [-0.3, -0.25) is 9.48 Å². The van der Waals surface area contributed by atoms with Crippen LogP contribution in [0.2, 0.25) is 0 Å². The molecule has 4 aromatic rings. The number of rotatable bonds is 5. The molecule has 0 bridgehead atoms. The quantitative estimate of drug-likeness (QED) is 0.507. The van der Waals surface area contributed by atoms with E-state index in [1.165, 1.54) is 11.3 Å². The molecule has 4 heterocycles. The second-order valence-corrected chi connectivity index (χ2v) is 8.01. The van der Waals surface area contributed by atoms with Crippen molar-refractivity contribution in [1.29, 1.82) is 0 Å². The number of pyridine rings is 1. The summed E-state index contributed by atoms with van der Waals surface area (Å²) >= 11 is 0. The molecule has 0 spiro atoms. The SMILES string of the molecule is Cc1cc(C(=O)c2c[nH]c3ncc(Cc4ccc(N5CCOCC5)cc4)cc23)n(C)n1. The highest BCUT2D eigenvalue weighted by atomic mass is 16.5. The molecule has 1 N–H and O–H groups in total. The molecular formula is C24H25N5O2. The lowest BCUT2D eigenvalue weighted by molar-refractivity contribution is 0.103. The van der Waals surface area contributed by atoms with Crippen LogP contribution in [0.5, 0.6) is 0 Å². The highest BCUT2D eigenvalue weighted by molar-refractivity contribution is 6.15. The van der Waals surface area contributed by atoms with E-state index >= 15 is 0 Å². The van der Waals surface area contributed by atoms with Crippen LogP contribution in [0.4, 0.5) is 5.69 Å². The summed E-state index contributed by atoms with van der Waals surface area (Å²) in [5.41, 5.74) is 6.24. The number of H-pyrrole nitrogens is 1. The molecule has 5 rings (SSSR count). The number of ketones is 1. The third kappa shape index (κ3) is 3.84. The number of ether oxygens (including phenoxy) is 1. The van der Waals surface area contributed by atoms with Crippen molar-refractivity contribution >= 4 is 22.5 Å². The fraction of sp³-hybridized carbons (Fsp3) is 0.292. The molecule has 0 atom stereocenters. The van der Waals surface area contributed by atoms with Crippen LogP contribution < -0.4 is 4.90 Å². The maximum atomic E-state index is 13.1. The molecule has 3 aromatic heterocycles. The Balaban J connectivity index is 1.39. The summed E-state index contributed by atoms with van der Waals surface area (Å²) in [6.07, 6.45) is 4.37. The lowest BCUT2D eigenvalue weighted by Crippen LogP contribution is -2.36. The minimum atomic E-state index is -0.0526. The lowest BCUT2D eigenvalue weighted by Gasteiger charge is -2.28. The highest BCUT2D eigenvalue weighted by Crippen LogP contribution is 2.23. The number of hydrogen-bond acceptors (Lipinski definition) is 5. The van der Waals surface area contributed by atoms with E-state index in [9.17, 15) is 4.79 Å². The molecular weight excluding hydrogens is 390 g/mol. The Hall–Kier alpha value is -3.45. The summed E-state index contributed by atoms with van der Waals surface area (Å²) in [5, 5.41) is 5.14. The van der Waals surface area contributed by atoms with Crippen molar-refractivity contribution in [2.24, 2.45) is 7.05 Å². The van der Waals surface area contributed by atoms with Crippen LogP contribution in [0.25, 0.3) is 11.0 Å². The largest absolute Gasteiger partial charge is 0.378 e. The molecule has 1 aliphatic heterocycles. The van der Waals surface area contributed by atoms with Crippen molar-refractivity contribution in [2.75, 3.05) is 31.2 Å². The fourth-order valence-corrected chi connectivity index (χ4v) is 4.17. The van der Waals surface area contributed by atoms with Gasteiger partial charge in [-0.15, -0.1) is 0 Å². The van der Waals surface area contributed by atoms with Gasteiger partial charge in [0.15, 0.2) is 0 Å². The van der Waals surface area contributed by atoms with E-state index in [0.717, 1.165) is 49.4 Å². The Labute approximate surface area is 180 Å². The zero-order chi connectivity index (χ0) is 21.4. The second-order valence-electron chi connectivity index (χ2n) is 8.01. The standard InChI is InChI=1S/C24H25N5O2/c1-16-11-22(28(2)27-16)23(30)21-15-26-24-20(21)13-18(14-25-24)12-17-3-5-19(6-4-17)29-7-9-31-10-8-29/h3-6,11,13-15H,7-10,12H2,1-2H3,(H,25,26). The summed E-state index contributed by atoms with van der Waals surface area (Å²) in [4.78, 5) is 23.1. The van der Waals surface area contributed by atoms with E-state index < -0.39 is 0 Å². The fourth-order valence-electron chi connectivity index (χ4n) is 4.17. The van der Waals surface area contributed by atoms with Crippen molar-refractivity contribution in [2.45, 2.75) is 13.3 Å². The Morgan fingerprint density at radius 3 is 2.61 bits per heavy atom. The van der Waals surface area contributed by atoms with E-state index in [2.05, 4.69) is 50.3 Å². The molecule has 1 saturated heterocycles. The normalized spacial score (nSPS) is 14.3. The van der Waals surface area contributed by atoms with Gasteiger partial charge in [-0.25, -0.2) is 4.98 Å². The Morgan fingerprint density at radius 1 is 1.13 bits per heavy atom. The number of anilines is 1. The van der Waals surface area contributed by atoms with E-state index in [4.69, 9.17) is 4.74 Å². The monoisotopic (exact) mass is 415 g/mol. The van der Waals surface area contributed by atoms with Gasteiger partial charge >= 0.3 is 0 Å². The van der Waals surface area contributed by atoms with E-state index in [1.807, 2.05) is 19.2 Å². The molecule has 0 unspecified atom stereocenters. The van der Waals surface area contributed by atoms with E-state index in [1.54, 1.807) is 17.9 Å². The molecule has 7 nitrogen and oxygen atoms in total. The number of aromatic amines is 1. The minimum Gasteiger partial charge on any atom is -0.378 e. The third-order valence-corrected chi connectivity index (χ3v) is 5.79. The number of nitrogens with zero attached hydrogens (tertiary/aromatic N) is 4. The predicted molar refractivity (Wildman–Crippen MR) is 120 cm³/mol. The van der Waals surface area contributed by atoms with Crippen molar-refractivity contribution in [3.63, 3.8) is 0 Å². The van der Waals surface area contributed by atoms with Crippen molar-refractivity contribution < 1.29 is 9.53 Å². The summed E-state index contributed by atoms with van der Waals surface area (Å²) in [5.74, 6) is -0.0526. The summed E-state index contributed by atoms with van der Waals surface area (Å²) in [6, 6.07) is 12.5. The van der Waals surface area contributed by atoms with Crippen LogP contribution in [0.3, 0.4) is 0 Å². The van der Waals surface area contributed by atoms with Crippen LogP contribution in [0, 0.1) is 6.92 Å². The van der Waals surface area contributed by atoms with Crippen LogP contribution >= 0.6 is 0 Å². The van der Waals surface area contributed by atoms with Gasteiger partial charge in [0, 0.05) is 43.6 Å². The van der Waals surface area contributed by atoms with E-state index in [0.29, 0.717) is 16.9 Å². The van der Waals surface area contributed by atoms with Crippen LogP contribution in [0.1, 0.15) is 32.9 Å². The Bertz CT molecular complexity index is 1230. The second kappa shape index (κ2) is 8.00. The number of morpholine rings is 1. The van der Waals surface area contributed by atoms with Crippen LogP contribution in [-0.4, -0.2) is 51.8 Å². The molecule has 1 aliphatic rings. The van der Waals surface area contributed by atoms with Gasteiger partial charge in [0.05, 0.1) is 24.5 Å². The molecule has 1 aromatic carbocycles. The lowest BCUT2D eigenvalue weighted by atomic mass is 10.0. The summed E-state index contributed by atoms with van der Waals surface area (Å²) in [7, 11) is 1.79. The first-order valence-electron chi connectivity index (χ1n) is 10.5. The number of carbonyl (C=O) groups excluding carboxylic acids is 1. The van der Waals surface area contributed by atoms with Gasteiger partial charge in [0.2, 0.25) is 5.78 Å². The zero-order valence-electron chi connectivity index (χ0n) is 17.8. The maximum Gasteiger partial charge on any atom is 0.213 e. The van der Waals surface area contributed by atoms with Gasteiger partial charge in [0.25, 0.3) is 0 Å². The molecule has 0 radical (unpaired) electrons. The van der Waals surface area contributed by atoms with Gasteiger partial charge in [-0.2, -0.15) is 5.10 Å².